The van der Waals surface area contributed by atoms with Crippen molar-refractivity contribution in [1.29, 1.82) is 0 Å². The van der Waals surface area contributed by atoms with Crippen molar-refractivity contribution in [2.75, 3.05) is 25.6 Å². The first-order valence-corrected chi connectivity index (χ1v) is 9.84. The van der Waals surface area contributed by atoms with Gasteiger partial charge in [-0.05, 0) is 60.7 Å². The molecular weight excluding hydrogens is 370 g/mol. The Kier molecular flexibility index (Phi) is 9.02. The van der Waals surface area contributed by atoms with E-state index in [0.717, 1.165) is 12.2 Å². The maximum absolute atomic E-state index is 11.9. The fourth-order valence-electron chi connectivity index (χ4n) is 2.62. The molecule has 1 atom stereocenters. The third-order valence-electron chi connectivity index (χ3n) is 4.59. The van der Waals surface area contributed by atoms with Gasteiger partial charge in [-0.25, -0.2) is 0 Å². The van der Waals surface area contributed by atoms with Crippen LogP contribution in [0.2, 0.25) is 0 Å². The van der Waals surface area contributed by atoms with Crippen LogP contribution in [0.25, 0.3) is 0 Å². The summed E-state index contributed by atoms with van der Waals surface area (Å²) in [6.45, 7) is 4.39. The van der Waals surface area contributed by atoms with Gasteiger partial charge in [0.15, 0.2) is 6.61 Å². The molecule has 1 N–H and O–H groups in total. The molecule has 0 aliphatic rings. The van der Waals surface area contributed by atoms with Crippen LogP contribution in [0.15, 0.2) is 48.5 Å². The van der Waals surface area contributed by atoms with Crippen molar-refractivity contribution in [3.8, 4) is 11.5 Å². The number of benzene rings is 2. The standard InChI is InChI=1S/C23H29NO5/c1-4-17(2)18-7-9-19(10-8-18)24-22(25)16-29-23(26)6-5-15-28-21-13-11-20(27-3)12-14-21/h7-14,17H,4-6,15-16H2,1-3H3,(H,24,25)/t17-/m0/s1. The van der Waals surface area contributed by atoms with Gasteiger partial charge in [0.05, 0.1) is 13.7 Å². The quantitative estimate of drug-likeness (QED) is 0.443. The highest BCUT2D eigenvalue weighted by molar-refractivity contribution is 5.92. The third-order valence-corrected chi connectivity index (χ3v) is 4.59. The van der Waals surface area contributed by atoms with E-state index in [0.29, 0.717) is 30.4 Å². The number of esters is 1. The summed E-state index contributed by atoms with van der Waals surface area (Å²) in [6, 6.07) is 14.9. The number of carbonyl (C=O) groups excluding carboxylic acids is 2. The van der Waals surface area contributed by atoms with E-state index in [1.165, 1.54) is 5.56 Å². The Balaban J connectivity index is 1.62. The van der Waals surface area contributed by atoms with Gasteiger partial charge in [0.2, 0.25) is 0 Å². The van der Waals surface area contributed by atoms with Crippen molar-refractivity contribution in [2.24, 2.45) is 0 Å². The summed E-state index contributed by atoms with van der Waals surface area (Å²) in [7, 11) is 1.60. The number of carbonyl (C=O) groups is 2. The number of anilines is 1. The molecule has 1 amide bonds. The van der Waals surface area contributed by atoms with E-state index in [2.05, 4.69) is 19.2 Å². The van der Waals surface area contributed by atoms with Gasteiger partial charge in [0.1, 0.15) is 11.5 Å². The lowest BCUT2D eigenvalue weighted by molar-refractivity contribution is -0.147. The Morgan fingerprint density at radius 1 is 1.00 bits per heavy atom. The zero-order valence-corrected chi connectivity index (χ0v) is 17.3. The van der Waals surface area contributed by atoms with Crippen molar-refractivity contribution in [3.63, 3.8) is 0 Å². The number of nitrogens with one attached hydrogen (secondary N) is 1. The smallest absolute Gasteiger partial charge is 0.306 e. The highest BCUT2D eigenvalue weighted by Crippen LogP contribution is 2.20. The summed E-state index contributed by atoms with van der Waals surface area (Å²) in [4.78, 5) is 23.7. The Labute approximate surface area is 172 Å². The minimum atomic E-state index is -0.425. The minimum absolute atomic E-state index is 0.188. The highest BCUT2D eigenvalue weighted by Gasteiger charge is 2.09. The first-order chi connectivity index (χ1) is 14.0. The number of hydrogen-bond donors (Lipinski definition) is 1. The maximum Gasteiger partial charge on any atom is 0.306 e. The number of amides is 1. The summed E-state index contributed by atoms with van der Waals surface area (Å²) in [5.74, 6) is 1.16. The Morgan fingerprint density at radius 3 is 2.28 bits per heavy atom. The monoisotopic (exact) mass is 399 g/mol. The number of rotatable bonds is 11. The molecule has 0 radical (unpaired) electrons. The molecule has 0 saturated heterocycles. The van der Waals surface area contributed by atoms with Crippen LogP contribution >= 0.6 is 0 Å². The van der Waals surface area contributed by atoms with Gasteiger partial charge in [-0.3, -0.25) is 9.59 Å². The van der Waals surface area contributed by atoms with E-state index in [1.54, 1.807) is 31.4 Å². The first kappa shape index (κ1) is 22.3. The van der Waals surface area contributed by atoms with Gasteiger partial charge in [-0.2, -0.15) is 0 Å². The second-order valence-electron chi connectivity index (χ2n) is 6.77. The molecule has 0 spiro atoms. The van der Waals surface area contributed by atoms with Gasteiger partial charge in [0, 0.05) is 12.1 Å². The lowest BCUT2D eigenvalue weighted by Crippen LogP contribution is -2.21. The molecule has 0 bridgehead atoms. The van der Waals surface area contributed by atoms with Gasteiger partial charge >= 0.3 is 5.97 Å². The number of methoxy groups -OCH3 is 1. The Morgan fingerprint density at radius 2 is 1.66 bits per heavy atom. The minimum Gasteiger partial charge on any atom is -0.497 e. The highest BCUT2D eigenvalue weighted by atomic mass is 16.5. The first-order valence-electron chi connectivity index (χ1n) is 9.84. The van der Waals surface area contributed by atoms with E-state index in [9.17, 15) is 9.59 Å². The molecule has 156 valence electrons. The second kappa shape index (κ2) is 11.7. The molecule has 2 aromatic carbocycles. The fourth-order valence-corrected chi connectivity index (χ4v) is 2.62. The van der Waals surface area contributed by atoms with Crippen molar-refractivity contribution in [2.45, 2.75) is 39.0 Å². The molecule has 0 aromatic heterocycles. The molecule has 2 rings (SSSR count). The lowest BCUT2D eigenvalue weighted by Gasteiger charge is -2.11. The van der Waals surface area contributed by atoms with Gasteiger partial charge < -0.3 is 19.5 Å². The molecule has 0 saturated carbocycles. The number of hydrogen-bond acceptors (Lipinski definition) is 5. The number of ether oxygens (including phenoxy) is 3. The average Bonchev–Trinajstić information content (AvgIpc) is 2.75. The van der Waals surface area contributed by atoms with Crippen LogP contribution in [0.1, 0.15) is 44.6 Å². The Hall–Kier alpha value is -3.02. The van der Waals surface area contributed by atoms with Crippen molar-refractivity contribution in [3.05, 3.63) is 54.1 Å². The van der Waals surface area contributed by atoms with E-state index >= 15 is 0 Å². The van der Waals surface area contributed by atoms with Gasteiger partial charge in [0.25, 0.3) is 5.91 Å². The molecule has 2 aromatic rings. The molecule has 0 heterocycles. The van der Waals surface area contributed by atoms with Gasteiger partial charge in [-0.1, -0.05) is 26.0 Å². The summed E-state index contributed by atoms with van der Waals surface area (Å²) >= 11 is 0. The van der Waals surface area contributed by atoms with Crippen LogP contribution < -0.4 is 14.8 Å². The van der Waals surface area contributed by atoms with E-state index < -0.39 is 5.97 Å². The van der Waals surface area contributed by atoms with E-state index in [-0.39, 0.29) is 18.9 Å². The zero-order valence-electron chi connectivity index (χ0n) is 17.3. The predicted molar refractivity (Wildman–Crippen MR) is 112 cm³/mol. The molecule has 0 aliphatic carbocycles. The molecule has 29 heavy (non-hydrogen) atoms. The van der Waals surface area contributed by atoms with Crippen molar-refractivity contribution in [1.82, 2.24) is 0 Å². The van der Waals surface area contributed by atoms with Crippen LogP contribution in [0.4, 0.5) is 5.69 Å². The second-order valence-corrected chi connectivity index (χ2v) is 6.77. The summed E-state index contributed by atoms with van der Waals surface area (Å²) in [5.41, 5.74) is 1.92. The summed E-state index contributed by atoms with van der Waals surface area (Å²) in [5, 5.41) is 2.73. The average molecular weight is 399 g/mol. The van der Waals surface area contributed by atoms with Crippen LogP contribution in [0.5, 0.6) is 11.5 Å². The van der Waals surface area contributed by atoms with Crippen LogP contribution in [0, 0.1) is 0 Å². The molecule has 0 fully saturated rings. The molecular formula is C23H29NO5. The zero-order chi connectivity index (χ0) is 21.1. The molecule has 0 unspecified atom stereocenters. The van der Waals surface area contributed by atoms with E-state index in [1.807, 2.05) is 24.3 Å². The third kappa shape index (κ3) is 7.86. The maximum atomic E-state index is 11.9. The van der Waals surface area contributed by atoms with E-state index in [4.69, 9.17) is 14.2 Å². The van der Waals surface area contributed by atoms with Crippen LogP contribution in [-0.2, 0) is 14.3 Å². The summed E-state index contributed by atoms with van der Waals surface area (Å²) in [6.07, 6.45) is 1.75. The van der Waals surface area contributed by atoms with Gasteiger partial charge in [-0.15, -0.1) is 0 Å². The van der Waals surface area contributed by atoms with Crippen molar-refractivity contribution >= 4 is 17.6 Å². The molecule has 6 nitrogen and oxygen atoms in total. The SMILES string of the molecule is CC[C@H](C)c1ccc(NC(=O)COC(=O)CCCOc2ccc(OC)cc2)cc1. The lowest BCUT2D eigenvalue weighted by atomic mass is 9.99. The van der Waals surface area contributed by atoms with Crippen molar-refractivity contribution < 1.29 is 23.8 Å². The molecule has 6 heteroatoms. The summed E-state index contributed by atoms with van der Waals surface area (Å²) < 4.78 is 15.6. The molecule has 0 aliphatic heterocycles. The normalized spacial score (nSPS) is 11.4. The van der Waals surface area contributed by atoms with Crippen LogP contribution in [-0.4, -0.2) is 32.2 Å². The fraction of sp³-hybridized carbons (Fsp3) is 0.391. The topological polar surface area (TPSA) is 73.9 Å². The van der Waals surface area contributed by atoms with Crippen LogP contribution in [0.3, 0.4) is 0 Å². The Bertz CT molecular complexity index is 771. The predicted octanol–water partition coefficient (Wildman–Crippen LogP) is 4.55. The largest absolute Gasteiger partial charge is 0.497 e.